The first-order valence-electron chi connectivity index (χ1n) is 32.6. The van der Waals surface area contributed by atoms with E-state index in [0.717, 1.165) is 0 Å². The van der Waals surface area contributed by atoms with Crippen LogP contribution in [0.1, 0.15) is 78.5 Å². The number of anilines is 9. The molecule has 0 spiro atoms. The van der Waals surface area contributed by atoms with Crippen LogP contribution >= 0.6 is 0 Å². The molecule has 6 heterocycles. The van der Waals surface area contributed by atoms with Gasteiger partial charge in [-0.3, -0.25) is 14.4 Å². The van der Waals surface area contributed by atoms with E-state index in [1.54, 1.807) is 0 Å². The van der Waals surface area contributed by atoms with E-state index < -0.39 is 0 Å². The van der Waals surface area contributed by atoms with E-state index in [1.807, 2.05) is 0 Å². The van der Waals surface area contributed by atoms with Gasteiger partial charge < -0.3 is 14.4 Å². The van der Waals surface area contributed by atoms with Crippen LogP contribution in [0.4, 0.5) is 51.6 Å². The first-order chi connectivity index (χ1) is 44.5. The first kappa shape index (κ1) is 62.4. The second-order valence-corrected chi connectivity index (χ2v) is 25.9. The number of hydrogen-bond acceptors (Lipinski definition) is 6. The molecule has 8 aromatic carbocycles. The molecule has 11 aromatic rings. The maximum absolute atomic E-state index is 2.54. The molecule has 14 rings (SSSR count). The van der Waals surface area contributed by atoms with E-state index in [0.29, 0.717) is 11.8 Å². The van der Waals surface area contributed by atoms with E-state index in [1.165, 1.54) is 129 Å². The predicted octanol–water partition coefficient (Wildman–Crippen LogP) is 14.6. The molecule has 0 aliphatic carbocycles. The van der Waals surface area contributed by atoms with Gasteiger partial charge in [0.2, 0.25) is 0 Å². The fraction of sp³-hybridized carbons (Fsp3) is 0.212. The Hall–Kier alpha value is -9.80. The molecule has 9 nitrogen and oxygen atoms in total. The molecular weight excluding hydrogens is 1120 g/mol. The van der Waals surface area contributed by atoms with Gasteiger partial charge in [0, 0.05) is 16.4 Å². The maximum Gasteiger partial charge on any atom is 0.538 e. The third-order valence-corrected chi connectivity index (χ3v) is 19.2. The molecule has 458 valence electrons. The van der Waals surface area contributed by atoms with Crippen molar-refractivity contribution in [1.82, 2.24) is 0 Å². The summed E-state index contributed by atoms with van der Waals surface area (Å²) in [5, 5.41) is 0. The number of hydrogen-bond donors (Lipinski definition) is 0. The van der Waals surface area contributed by atoms with Crippen LogP contribution in [-0.4, -0.2) is 42.1 Å². The molecule has 0 bridgehead atoms. The molecule has 3 aliphatic rings. The summed E-state index contributed by atoms with van der Waals surface area (Å²) in [6, 6.07) is 80.9. The Balaban J connectivity index is 0.000000135. The number of aromatic nitrogens is 3. The van der Waals surface area contributed by atoms with Crippen molar-refractivity contribution in [2.24, 2.45) is 21.1 Å². The summed E-state index contributed by atoms with van der Waals surface area (Å²) in [5.74, 6) is 4.59. The highest BCUT2D eigenvalue weighted by Gasteiger charge is 2.55. The number of aryl methyl sites for hydroxylation is 8. The van der Waals surface area contributed by atoms with E-state index in [2.05, 4.69) is 390 Å². The molecule has 0 unspecified atom stereocenters. The maximum atomic E-state index is 2.54. The van der Waals surface area contributed by atoms with Gasteiger partial charge in [-0.2, -0.15) is 0 Å². The molecule has 92 heavy (non-hydrogen) atoms. The van der Waals surface area contributed by atoms with E-state index in [-0.39, 0.29) is 20.9 Å². The quantitative estimate of drug-likeness (QED) is 0.100. The van der Waals surface area contributed by atoms with Crippen LogP contribution in [0.15, 0.2) is 243 Å². The molecule has 0 N–H and O–H groups in total. The van der Waals surface area contributed by atoms with Crippen molar-refractivity contribution < 1.29 is 13.7 Å². The van der Waals surface area contributed by atoms with Gasteiger partial charge in [0.25, 0.3) is 17.5 Å². The summed E-state index contributed by atoms with van der Waals surface area (Å²) in [4.78, 5) is 14.8. The van der Waals surface area contributed by atoms with Crippen molar-refractivity contribution in [2.75, 3.05) is 50.0 Å². The molecule has 3 aromatic heterocycles. The van der Waals surface area contributed by atoms with E-state index in [9.17, 15) is 0 Å². The van der Waals surface area contributed by atoms with Gasteiger partial charge in [-0.25, -0.2) is 13.7 Å². The molecule has 12 heteroatoms. The lowest BCUT2D eigenvalue weighted by molar-refractivity contribution is -0.657. The van der Waals surface area contributed by atoms with Gasteiger partial charge >= 0.3 is 20.9 Å². The smallest absolute Gasteiger partial charge is 0.366 e. The van der Waals surface area contributed by atoms with Gasteiger partial charge in [-0.15, -0.1) is 0 Å². The van der Waals surface area contributed by atoms with Crippen molar-refractivity contribution in [3.63, 3.8) is 0 Å². The van der Waals surface area contributed by atoms with Crippen molar-refractivity contribution in [3.8, 4) is 22.3 Å². The topological polar surface area (TPSA) is 31.1 Å². The number of nitrogens with zero attached hydrogens (tertiary/aromatic N) is 9. The lowest BCUT2D eigenvalue weighted by Crippen LogP contribution is -2.57. The van der Waals surface area contributed by atoms with Crippen molar-refractivity contribution in [3.05, 3.63) is 282 Å². The van der Waals surface area contributed by atoms with Crippen LogP contribution in [0.25, 0.3) is 22.3 Å². The third kappa shape index (κ3) is 11.3. The molecule has 0 radical (unpaired) electrons. The Bertz CT molecular complexity index is 4370. The number of rotatable bonds is 10. The summed E-state index contributed by atoms with van der Waals surface area (Å²) in [6.07, 6.45) is 6.42. The SMILES string of the molecule is Cc1ccccc1N1B(c2c(-c3ccccc3)cccc2-c2ccccc2)N(C)c2ccc[n+](C)c21.Cc1ccccc1N1B(c2c(C(C)C)cccc2C(C)C)N(C)c2ccc[n+](C)c21.Cc1ccccc1N1B(c2c(C)cccc2C)N(C)c2ccc[n+](C)c21. The lowest BCUT2D eigenvalue weighted by Gasteiger charge is -2.28. The van der Waals surface area contributed by atoms with Crippen LogP contribution in [-0.2, 0) is 21.1 Å². The molecule has 0 saturated carbocycles. The molecular formula is C80H87B3N9+3. The summed E-state index contributed by atoms with van der Waals surface area (Å²) in [7, 11) is 13.1. The van der Waals surface area contributed by atoms with Crippen LogP contribution < -0.4 is 59.0 Å². The normalized spacial score (nSPS) is 13.2. The lowest BCUT2D eigenvalue weighted by atomic mass is 9.59. The van der Waals surface area contributed by atoms with Gasteiger partial charge in [-0.05, 0) is 183 Å². The Kier molecular flexibility index (Phi) is 17.8. The summed E-state index contributed by atoms with van der Waals surface area (Å²) >= 11 is 0. The van der Waals surface area contributed by atoms with E-state index >= 15 is 0 Å². The van der Waals surface area contributed by atoms with Crippen molar-refractivity contribution >= 4 is 88.9 Å². The van der Waals surface area contributed by atoms with Gasteiger partial charge in [-0.1, -0.05) is 198 Å². The number of para-hydroxylation sites is 3. The summed E-state index contributed by atoms with van der Waals surface area (Å²) < 4.78 is 6.72. The molecule has 0 atom stereocenters. The zero-order chi connectivity index (χ0) is 64.6. The number of pyridine rings is 3. The zero-order valence-corrected chi connectivity index (χ0v) is 56.5. The molecule has 0 amide bonds. The van der Waals surface area contributed by atoms with Crippen molar-refractivity contribution in [2.45, 2.75) is 74.1 Å². The largest absolute Gasteiger partial charge is 0.538 e. The summed E-state index contributed by atoms with van der Waals surface area (Å²) in [5.41, 5.74) is 25.9. The third-order valence-electron chi connectivity index (χ3n) is 19.2. The van der Waals surface area contributed by atoms with Gasteiger partial charge in [0.05, 0.1) is 39.7 Å². The number of fused-ring (bicyclic) bond motifs is 3. The van der Waals surface area contributed by atoms with Crippen LogP contribution in [0.2, 0.25) is 0 Å². The molecule has 0 fully saturated rings. The highest BCUT2D eigenvalue weighted by molar-refractivity contribution is 6.85. The Morgan fingerprint density at radius 3 is 0.913 bits per heavy atom. The average molecular weight is 1210 g/mol. The van der Waals surface area contributed by atoms with Crippen LogP contribution in [0.5, 0.6) is 0 Å². The van der Waals surface area contributed by atoms with Gasteiger partial charge in [0.1, 0.15) is 34.1 Å². The van der Waals surface area contributed by atoms with Crippen LogP contribution in [0, 0.1) is 34.6 Å². The zero-order valence-electron chi connectivity index (χ0n) is 56.5. The Morgan fingerprint density at radius 1 is 0.283 bits per heavy atom. The minimum absolute atomic E-state index is 0.0266. The summed E-state index contributed by atoms with van der Waals surface area (Å²) in [6.45, 7) is 20.5. The molecule has 0 saturated heterocycles. The second kappa shape index (κ2) is 26.2. The van der Waals surface area contributed by atoms with Crippen molar-refractivity contribution in [1.29, 1.82) is 0 Å². The van der Waals surface area contributed by atoms with E-state index in [4.69, 9.17) is 0 Å². The van der Waals surface area contributed by atoms with Gasteiger partial charge in [0.15, 0.2) is 0 Å². The monoisotopic (exact) mass is 1210 g/mol. The average Bonchev–Trinajstić information content (AvgIpc) is 1.58. The predicted molar refractivity (Wildman–Crippen MR) is 392 cm³/mol. The standard InChI is InChI=1S/C32H29BN3.C26H33BN3.C22H25BN3/c1-24-14-10-11-21-29(24)36-32-30(22-13-23-34(32)2)35(3)33(36)31-27(25-15-6-4-7-16-25)19-12-20-28(31)26-17-8-5-9-18-26;1-18(2)21-13-10-14-22(19(3)4)25(21)27-29(7)24-16-11-17-28(6)26(24)30(27)23-15-9-8-12-20(23)5;1-16-10-6-7-13-19(16)26-22-20(14-9-15-24(22)4)25(5)23(26)21-17(2)11-8-12-18(21)3/h4-23H,1-3H3;8-19H,1-7H3;6-15H,1-5H3/q3*+1. The fourth-order valence-corrected chi connectivity index (χ4v) is 14.7. The minimum Gasteiger partial charge on any atom is -0.366 e. The first-order valence-corrected chi connectivity index (χ1v) is 32.6. The number of benzene rings is 8. The highest BCUT2D eigenvalue weighted by Crippen LogP contribution is 2.45. The highest BCUT2D eigenvalue weighted by atomic mass is 15.4. The fourth-order valence-electron chi connectivity index (χ4n) is 14.7. The van der Waals surface area contributed by atoms with Crippen LogP contribution in [0.3, 0.4) is 0 Å². The minimum atomic E-state index is -0.0266. The Labute approximate surface area is 549 Å². The Morgan fingerprint density at radius 2 is 0.565 bits per heavy atom. The second-order valence-electron chi connectivity index (χ2n) is 25.9. The molecule has 3 aliphatic heterocycles.